The summed E-state index contributed by atoms with van der Waals surface area (Å²) >= 11 is 7.48. The van der Waals surface area contributed by atoms with Crippen LogP contribution in [-0.4, -0.2) is 5.16 Å². The molecule has 1 heterocycles. The van der Waals surface area contributed by atoms with Gasteiger partial charge >= 0.3 is 0 Å². The van der Waals surface area contributed by atoms with E-state index in [1.165, 1.54) is 6.07 Å². The van der Waals surface area contributed by atoms with Gasteiger partial charge in [0.2, 0.25) is 0 Å². The largest absolute Gasteiger partial charge is 0.361 e. The molecule has 17 heavy (non-hydrogen) atoms. The van der Waals surface area contributed by atoms with Gasteiger partial charge in [0, 0.05) is 28.2 Å². The first-order valence-electron chi connectivity index (χ1n) is 5.09. The highest BCUT2D eigenvalue weighted by molar-refractivity contribution is 7.97. The van der Waals surface area contributed by atoms with Gasteiger partial charge in [0.05, 0.1) is 5.69 Å². The monoisotopic (exact) mass is 271 g/mol. The predicted octanol–water partition coefficient (Wildman–Crippen LogP) is 4.21. The fourth-order valence-corrected chi connectivity index (χ4v) is 2.67. The third-order valence-electron chi connectivity index (χ3n) is 2.23. The molecule has 0 aliphatic carbocycles. The van der Waals surface area contributed by atoms with Crippen molar-refractivity contribution in [2.75, 3.05) is 0 Å². The van der Waals surface area contributed by atoms with Gasteiger partial charge in [0.1, 0.15) is 11.6 Å². The molecule has 0 N–H and O–H groups in total. The van der Waals surface area contributed by atoms with Crippen molar-refractivity contribution >= 4 is 23.4 Å². The van der Waals surface area contributed by atoms with E-state index in [9.17, 15) is 4.39 Å². The van der Waals surface area contributed by atoms with Crippen LogP contribution in [0.4, 0.5) is 4.39 Å². The second-order valence-electron chi connectivity index (χ2n) is 3.62. The molecule has 0 saturated carbocycles. The molecule has 2 nitrogen and oxygen atoms in total. The zero-order valence-electron chi connectivity index (χ0n) is 9.24. The van der Waals surface area contributed by atoms with E-state index in [0.29, 0.717) is 22.1 Å². The van der Waals surface area contributed by atoms with Crippen LogP contribution in [0, 0.1) is 12.7 Å². The van der Waals surface area contributed by atoms with Crippen molar-refractivity contribution in [2.24, 2.45) is 0 Å². The summed E-state index contributed by atoms with van der Waals surface area (Å²) < 4.78 is 18.4. The minimum Gasteiger partial charge on any atom is -0.361 e. The Balaban J connectivity index is 1.94. The van der Waals surface area contributed by atoms with Crippen molar-refractivity contribution in [1.82, 2.24) is 5.16 Å². The maximum Gasteiger partial charge on any atom is 0.133 e. The maximum absolute atomic E-state index is 13.4. The van der Waals surface area contributed by atoms with Crippen molar-refractivity contribution in [3.63, 3.8) is 0 Å². The zero-order chi connectivity index (χ0) is 12.3. The minimum absolute atomic E-state index is 0.263. The van der Waals surface area contributed by atoms with Gasteiger partial charge in [-0.1, -0.05) is 22.8 Å². The van der Waals surface area contributed by atoms with Gasteiger partial charge < -0.3 is 4.52 Å². The smallest absolute Gasteiger partial charge is 0.133 e. The molecule has 2 aromatic rings. The average molecular weight is 272 g/mol. The van der Waals surface area contributed by atoms with Crippen molar-refractivity contribution in [3.8, 4) is 0 Å². The number of aryl methyl sites for hydroxylation is 1. The quantitative estimate of drug-likeness (QED) is 0.833. The molecule has 0 amide bonds. The summed E-state index contributed by atoms with van der Waals surface area (Å²) in [7, 11) is 0. The van der Waals surface area contributed by atoms with Crippen LogP contribution in [-0.2, 0) is 11.5 Å². The van der Waals surface area contributed by atoms with Gasteiger partial charge in [-0.3, -0.25) is 0 Å². The average Bonchev–Trinajstić information content (AvgIpc) is 2.69. The maximum atomic E-state index is 13.4. The van der Waals surface area contributed by atoms with Crippen LogP contribution in [0.2, 0.25) is 5.02 Å². The topological polar surface area (TPSA) is 26.0 Å². The van der Waals surface area contributed by atoms with E-state index in [1.54, 1.807) is 23.9 Å². The molecule has 0 aliphatic rings. The Morgan fingerprint density at radius 3 is 2.88 bits per heavy atom. The first kappa shape index (κ1) is 12.5. The Labute approximate surface area is 108 Å². The number of thioether (sulfide) groups is 1. The van der Waals surface area contributed by atoms with Crippen LogP contribution in [0.1, 0.15) is 17.0 Å². The van der Waals surface area contributed by atoms with Crippen molar-refractivity contribution in [3.05, 3.63) is 52.1 Å². The summed E-state index contributed by atoms with van der Waals surface area (Å²) in [5.41, 5.74) is 1.40. The van der Waals surface area contributed by atoms with Crippen LogP contribution in [0.3, 0.4) is 0 Å². The number of rotatable bonds is 4. The highest BCUT2D eigenvalue weighted by Gasteiger charge is 2.07. The SMILES string of the molecule is Cc1cc(CSCc2c(F)cccc2Cl)no1. The lowest BCUT2D eigenvalue weighted by molar-refractivity contribution is 0.393. The molecule has 5 heteroatoms. The Bertz CT molecular complexity index is 495. The number of halogens is 2. The summed E-state index contributed by atoms with van der Waals surface area (Å²) in [6.07, 6.45) is 0. The number of aromatic nitrogens is 1. The molecule has 0 fully saturated rings. The second kappa shape index (κ2) is 5.56. The number of nitrogens with zero attached hydrogens (tertiary/aromatic N) is 1. The molecule has 0 saturated heterocycles. The number of hydrogen-bond donors (Lipinski definition) is 0. The summed E-state index contributed by atoms with van der Waals surface area (Å²) in [5.74, 6) is 1.73. The van der Waals surface area contributed by atoms with Crippen LogP contribution in [0.25, 0.3) is 0 Å². The fourth-order valence-electron chi connectivity index (χ4n) is 1.41. The molecule has 0 aliphatic heterocycles. The molecule has 0 radical (unpaired) electrons. The Morgan fingerprint density at radius 1 is 1.41 bits per heavy atom. The normalized spacial score (nSPS) is 10.8. The predicted molar refractivity (Wildman–Crippen MR) is 67.6 cm³/mol. The van der Waals surface area contributed by atoms with E-state index in [4.69, 9.17) is 16.1 Å². The lowest BCUT2D eigenvalue weighted by Gasteiger charge is -2.04. The summed E-state index contributed by atoms with van der Waals surface area (Å²) in [6, 6.07) is 6.59. The van der Waals surface area contributed by atoms with E-state index in [2.05, 4.69) is 5.16 Å². The Morgan fingerprint density at radius 2 is 2.24 bits per heavy atom. The minimum atomic E-state index is -0.263. The van der Waals surface area contributed by atoms with E-state index in [-0.39, 0.29) is 5.82 Å². The number of hydrogen-bond acceptors (Lipinski definition) is 3. The van der Waals surface area contributed by atoms with Crippen LogP contribution >= 0.6 is 23.4 Å². The lowest BCUT2D eigenvalue weighted by atomic mass is 10.2. The van der Waals surface area contributed by atoms with E-state index in [0.717, 1.165) is 11.5 Å². The molecule has 90 valence electrons. The molecule has 0 bridgehead atoms. The van der Waals surface area contributed by atoms with Gasteiger partial charge in [0.15, 0.2) is 0 Å². The van der Waals surface area contributed by atoms with E-state index < -0.39 is 0 Å². The summed E-state index contributed by atoms with van der Waals surface area (Å²) in [6.45, 7) is 1.84. The zero-order valence-corrected chi connectivity index (χ0v) is 10.8. The van der Waals surface area contributed by atoms with Crippen molar-refractivity contribution < 1.29 is 8.91 Å². The molecular weight excluding hydrogens is 261 g/mol. The van der Waals surface area contributed by atoms with Crippen molar-refractivity contribution in [2.45, 2.75) is 18.4 Å². The van der Waals surface area contributed by atoms with Gasteiger partial charge in [-0.25, -0.2) is 4.39 Å². The van der Waals surface area contributed by atoms with Crippen molar-refractivity contribution in [1.29, 1.82) is 0 Å². The summed E-state index contributed by atoms with van der Waals surface area (Å²) in [5, 5.41) is 4.34. The third kappa shape index (κ3) is 3.23. The molecule has 2 rings (SSSR count). The molecule has 1 aromatic carbocycles. The molecule has 1 aromatic heterocycles. The molecule has 0 unspecified atom stereocenters. The van der Waals surface area contributed by atoms with Gasteiger partial charge in [-0.05, 0) is 19.1 Å². The standard InChI is InChI=1S/C12H11ClFNOS/c1-8-5-9(15-16-8)6-17-7-10-11(13)3-2-4-12(10)14/h2-5H,6-7H2,1H3. The van der Waals surface area contributed by atoms with Gasteiger partial charge in [-0.15, -0.1) is 0 Å². The molecular formula is C12H11ClFNOS. The van der Waals surface area contributed by atoms with Gasteiger partial charge in [0.25, 0.3) is 0 Å². The Hall–Kier alpha value is -1.00. The second-order valence-corrected chi connectivity index (χ2v) is 5.01. The van der Waals surface area contributed by atoms with Crippen LogP contribution < -0.4 is 0 Å². The van der Waals surface area contributed by atoms with E-state index >= 15 is 0 Å². The highest BCUT2D eigenvalue weighted by atomic mass is 35.5. The first-order valence-corrected chi connectivity index (χ1v) is 6.63. The third-order valence-corrected chi connectivity index (χ3v) is 3.58. The highest BCUT2D eigenvalue weighted by Crippen LogP contribution is 2.25. The molecule has 0 spiro atoms. The summed E-state index contributed by atoms with van der Waals surface area (Å²) in [4.78, 5) is 0. The fraction of sp³-hybridized carbons (Fsp3) is 0.250. The van der Waals surface area contributed by atoms with Gasteiger partial charge in [-0.2, -0.15) is 11.8 Å². The first-order chi connectivity index (χ1) is 8.16. The van der Waals surface area contributed by atoms with E-state index in [1.807, 2.05) is 13.0 Å². The Kier molecular flexibility index (Phi) is 4.07. The molecule has 0 atom stereocenters. The van der Waals surface area contributed by atoms with Crippen LogP contribution in [0.15, 0.2) is 28.8 Å². The van der Waals surface area contributed by atoms with Crippen LogP contribution in [0.5, 0.6) is 0 Å². The lowest BCUT2D eigenvalue weighted by Crippen LogP contribution is -1.90. The number of benzene rings is 1.